The predicted octanol–water partition coefficient (Wildman–Crippen LogP) is 4.14. The molecule has 2 amide bonds. The molecule has 0 saturated carbocycles. The predicted molar refractivity (Wildman–Crippen MR) is 139 cm³/mol. The second-order valence-corrected chi connectivity index (χ2v) is 14.1. The normalized spacial score (nSPS) is 21.3. The molecule has 1 aliphatic carbocycles. The number of hydrogen-bond acceptors (Lipinski definition) is 6. The lowest BCUT2D eigenvalue weighted by atomic mass is 9.72. The first-order valence-electron chi connectivity index (χ1n) is 12.1. The molecule has 2 heterocycles. The highest BCUT2D eigenvalue weighted by atomic mass is 32.2. The van der Waals surface area contributed by atoms with Gasteiger partial charge < -0.3 is 15.4 Å². The molecular formula is C26H34N2O5S2. The van der Waals surface area contributed by atoms with Gasteiger partial charge in [0, 0.05) is 10.9 Å². The summed E-state index contributed by atoms with van der Waals surface area (Å²) < 4.78 is 29.4. The lowest BCUT2D eigenvalue weighted by Gasteiger charge is -2.33. The molecule has 1 aromatic carbocycles. The number of nitrogens with one attached hydrogen (secondary N) is 2. The van der Waals surface area contributed by atoms with Crippen LogP contribution in [0.5, 0.6) is 5.75 Å². The average Bonchev–Trinajstić information content (AvgIpc) is 3.30. The van der Waals surface area contributed by atoms with Crippen LogP contribution in [0.25, 0.3) is 0 Å². The maximum atomic E-state index is 13.4. The number of fused-ring (bicyclic) bond motifs is 1. The van der Waals surface area contributed by atoms with E-state index in [-0.39, 0.29) is 35.3 Å². The first-order chi connectivity index (χ1) is 16.4. The van der Waals surface area contributed by atoms with E-state index in [1.54, 1.807) is 0 Å². The largest absolute Gasteiger partial charge is 0.484 e. The molecule has 0 bridgehead atoms. The van der Waals surface area contributed by atoms with Gasteiger partial charge >= 0.3 is 0 Å². The second-order valence-electron chi connectivity index (χ2n) is 10.7. The Kier molecular flexibility index (Phi) is 7.29. The molecule has 0 radical (unpaired) electrons. The van der Waals surface area contributed by atoms with E-state index < -0.39 is 15.9 Å². The van der Waals surface area contributed by atoms with Gasteiger partial charge in [-0.3, -0.25) is 9.59 Å². The summed E-state index contributed by atoms with van der Waals surface area (Å²) in [6.07, 6.45) is 3.00. The number of rotatable bonds is 6. The van der Waals surface area contributed by atoms with Crippen LogP contribution in [0.2, 0.25) is 0 Å². The second kappa shape index (κ2) is 9.93. The molecule has 2 atom stereocenters. The number of amides is 2. The minimum absolute atomic E-state index is 0.0384. The molecule has 9 heteroatoms. The highest BCUT2D eigenvalue weighted by molar-refractivity contribution is 7.91. The van der Waals surface area contributed by atoms with Crippen molar-refractivity contribution in [3.63, 3.8) is 0 Å². The topological polar surface area (TPSA) is 102 Å². The van der Waals surface area contributed by atoms with Gasteiger partial charge in [0.15, 0.2) is 16.4 Å². The quantitative estimate of drug-likeness (QED) is 0.599. The highest BCUT2D eigenvalue weighted by Crippen LogP contribution is 2.44. The zero-order valence-electron chi connectivity index (χ0n) is 20.8. The molecule has 1 saturated heterocycles. The standard InChI is InChI=1S/C26H34N2O5S2/c1-16-5-8-19(9-6-16)33-14-22(29)28-25-23(24(30)27-18-11-12-35(31,32)15-18)20-10-7-17(26(2,3)4)13-21(20)34-25/h5-6,8-9,17-18H,7,10-15H2,1-4H3,(H,27,30)(H,28,29)/t17-,18-/m1/s1. The van der Waals surface area contributed by atoms with Gasteiger partial charge in [0.2, 0.25) is 0 Å². The summed E-state index contributed by atoms with van der Waals surface area (Å²) in [5.74, 6) is 0.487. The Bertz CT molecular complexity index is 1210. The summed E-state index contributed by atoms with van der Waals surface area (Å²) in [5.41, 5.74) is 2.70. The molecule has 0 unspecified atom stereocenters. The van der Waals surface area contributed by atoms with Crippen LogP contribution < -0.4 is 15.4 Å². The summed E-state index contributed by atoms with van der Waals surface area (Å²) in [6.45, 7) is 8.51. The fourth-order valence-electron chi connectivity index (χ4n) is 4.77. The van der Waals surface area contributed by atoms with E-state index in [4.69, 9.17) is 4.74 Å². The maximum Gasteiger partial charge on any atom is 0.262 e. The zero-order valence-corrected chi connectivity index (χ0v) is 22.4. The van der Waals surface area contributed by atoms with E-state index >= 15 is 0 Å². The van der Waals surface area contributed by atoms with E-state index in [1.165, 1.54) is 11.3 Å². The van der Waals surface area contributed by atoms with Crippen molar-refractivity contribution in [2.45, 2.75) is 59.4 Å². The molecule has 1 aromatic heterocycles. The van der Waals surface area contributed by atoms with Gasteiger partial charge in [-0.15, -0.1) is 11.3 Å². The average molecular weight is 519 g/mol. The molecule has 4 rings (SSSR count). The van der Waals surface area contributed by atoms with E-state index in [1.807, 2.05) is 31.2 Å². The number of ether oxygens (including phenoxy) is 1. The van der Waals surface area contributed by atoms with Crippen molar-refractivity contribution >= 4 is 38.0 Å². The van der Waals surface area contributed by atoms with Gasteiger partial charge in [-0.25, -0.2) is 8.42 Å². The smallest absolute Gasteiger partial charge is 0.262 e. The first kappa shape index (κ1) is 25.7. The zero-order chi connectivity index (χ0) is 25.4. The number of carbonyl (C=O) groups excluding carboxylic acids is 2. The third kappa shape index (κ3) is 6.25. The minimum Gasteiger partial charge on any atom is -0.484 e. The van der Waals surface area contributed by atoms with Gasteiger partial charge in [-0.1, -0.05) is 38.5 Å². The lowest BCUT2D eigenvalue weighted by molar-refractivity contribution is -0.118. The van der Waals surface area contributed by atoms with Crippen molar-refractivity contribution in [2.75, 3.05) is 23.4 Å². The SMILES string of the molecule is Cc1ccc(OCC(=O)Nc2sc3c(c2C(=O)N[C@@H]2CCS(=O)(=O)C2)CC[C@@H](C(C)(C)C)C3)cc1. The van der Waals surface area contributed by atoms with Crippen LogP contribution in [0.3, 0.4) is 0 Å². The van der Waals surface area contributed by atoms with Crippen molar-refractivity contribution in [3.05, 3.63) is 45.8 Å². The van der Waals surface area contributed by atoms with Crippen molar-refractivity contribution < 1.29 is 22.7 Å². The number of thiophene rings is 1. The Morgan fingerprint density at radius 2 is 1.86 bits per heavy atom. The number of sulfone groups is 1. The summed E-state index contributed by atoms with van der Waals surface area (Å²) in [4.78, 5) is 27.2. The number of aryl methyl sites for hydroxylation is 1. The van der Waals surface area contributed by atoms with Gasteiger partial charge in [-0.2, -0.15) is 0 Å². The maximum absolute atomic E-state index is 13.4. The molecule has 1 aliphatic heterocycles. The summed E-state index contributed by atoms with van der Waals surface area (Å²) in [5, 5.41) is 6.33. The van der Waals surface area contributed by atoms with Crippen molar-refractivity contribution in [2.24, 2.45) is 11.3 Å². The van der Waals surface area contributed by atoms with Gasteiger partial charge in [0.05, 0.1) is 17.1 Å². The molecule has 0 spiro atoms. The van der Waals surface area contributed by atoms with E-state index in [0.717, 1.165) is 35.3 Å². The molecule has 7 nitrogen and oxygen atoms in total. The van der Waals surface area contributed by atoms with Gasteiger partial charge in [0.1, 0.15) is 10.8 Å². The molecule has 35 heavy (non-hydrogen) atoms. The molecule has 2 aliphatic rings. The third-order valence-electron chi connectivity index (χ3n) is 6.93. The van der Waals surface area contributed by atoms with E-state index in [9.17, 15) is 18.0 Å². The molecule has 2 aromatic rings. The van der Waals surface area contributed by atoms with E-state index in [0.29, 0.717) is 28.7 Å². The van der Waals surface area contributed by atoms with Gasteiger partial charge in [0.25, 0.3) is 11.8 Å². The van der Waals surface area contributed by atoms with Crippen molar-refractivity contribution in [1.29, 1.82) is 0 Å². The first-order valence-corrected chi connectivity index (χ1v) is 14.7. The van der Waals surface area contributed by atoms with Crippen molar-refractivity contribution in [1.82, 2.24) is 5.32 Å². The Labute approximate surface area is 211 Å². The summed E-state index contributed by atoms with van der Waals surface area (Å²) in [6, 6.07) is 7.05. The molecular weight excluding hydrogens is 484 g/mol. The third-order valence-corrected chi connectivity index (χ3v) is 9.87. The molecule has 1 fully saturated rings. The lowest BCUT2D eigenvalue weighted by Crippen LogP contribution is -2.36. The summed E-state index contributed by atoms with van der Waals surface area (Å²) in [7, 11) is -3.11. The number of anilines is 1. The van der Waals surface area contributed by atoms with Crippen LogP contribution in [-0.4, -0.2) is 44.4 Å². The Hall–Kier alpha value is -2.39. The summed E-state index contributed by atoms with van der Waals surface area (Å²) >= 11 is 1.45. The number of hydrogen-bond donors (Lipinski definition) is 2. The molecule has 190 valence electrons. The monoisotopic (exact) mass is 518 g/mol. The molecule has 2 N–H and O–H groups in total. The Morgan fingerprint density at radius 3 is 2.49 bits per heavy atom. The fourth-order valence-corrected chi connectivity index (χ4v) is 7.78. The minimum atomic E-state index is -3.11. The van der Waals surface area contributed by atoms with Crippen LogP contribution in [0, 0.1) is 18.3 Å². The van der Waals surface area contributed by atoms with E-state index in [2.05, 4.69) is 31.4 Å². The van der Waals surface area contributed by atoms with Crippen LogP contribution >= 0.6 is 11.3 Å². The van der Waals surface area contributed by atoms with Gasteiger partial charge in [-0.05, 0) is 61.6 Å². The van der Waals surface area contributed by atoms with Crippen LogP contribution in [0.1, 0.15) is 60.0 Å². The number of carbonyl (C=O) groups is 2. The number of benzene rings is 1. The van der Waals surface area contributed by atoms with Crippen molar-refractivity contribution in [3.8, 4) is 5.75 Å². The van der Waals surface area contributed by atoms with Crippen LogP contribution in [-0.2, 0) is 27.5 Å². The highest BCUT2D eigenvalue weighted by Gasteiger charge is 2.36. The van der Waals surface area contributed by atoms with Crippen LogP contribution in [0.4, 0.5) is 5.00 Å². The Morgan fingerprint density at radius 1 is 1.14 bits per heavy atom. The van der Waals surface area contributed by atoms with Crippen LogP contribution in [0.15, 0.2) is 24.3 Å². The Balaban J connectivity index is 1.54. The fraction of sp³-hybridized carbons (Fsp3) is 0.538.